The summed E-state index contributed by atoms with van der Waals surface area (Å²) in [5.41, 5.74) is 1.19. The highest BCUT2D eigenvalue weighted by atomic mass is 32.2. The third-order valence-corrected chi connectivity index (χ3v) is 8.12. The molecule has 1 aliphatic heterocycles. The third kappa shape index (κ3) is 4.03. The number of rotatable bonds is 5. The van der Waals surface area contributed by atoms with Gasteiger partial charge in [0.05, 0.1) is 20.4 Å². The molecule has 0 aliphatic carbocycles. The quantitative estimate of drug-likeness (QED) is 0.546. The predicted octanol–water partition coefficient (Wildman–Crippen LogP) is 3.58. The number of benzene rings is 2. The van der Waals surface area contributed by atoms with Crippen LogP contribution in [0, 0.1) is 0 Å². The zero-order chi connectivity index (χ0) is 22.2. The zero-order valence-electron chi connectivity index (χ0n) is 17.2. The molecule has 2 aromatic carbocycles. The van der Waals surface area contributed by atoms with Crippen molar-refractivity contribution in [1.29, 1.82) is 0 Å². The lowest BCUT2D eigenvalue weighted by Crippen LogP contribution is -2.17. The van der Waals surface area contributed by atoms with Crippen LogP contribution in [-0.4, -0.2) is 37.4 Å². The van der Waals surface area contributed by atoms with Crippen LogP contribution in [0.5, 0.6) is 11.5 Å². The van der Waals surface area contributed by atoms with Crippen molar-refractivity contribution in [3.8, 4) is 11.5 Å². The topological polar surface area (TPSA) is 87.0 Å². The summed E-state index contributed by atoms with van der Waals surface area (Å²) in [6, 6.07) is 9.66. The second kappa shape index (κ2) is 8.32. The maximum atomic E-state index is 12.8. The molecule has 0 saturated heterocycles. The number of amides is 1. The second-order valence-electron chi connectivity index (χ2n) is 7.28. The van der Waals surface area contributed by atoms with Gasteiger partial charge < -0.3 is 14.0 Å². The van der Waals surface area contributed by atoms with Crippen molar-refractivity contribution in [2.45, 2.75) is 30.5 Å². The van der Waals surface area contributed by atoms with Gasteiger partial charge in [-0.1, -0.05) is 17.4 Å². The molecule has 1 aromatic heterocycles. The van der Waals surface area contributed by atoms with E-state index in [1.165, 1.54) is 35.6 Å². The fourth-order valence-electron chi connectivity index (χ4n) is 3.21. The highest BCUT2D eigenvalue weighted by Gasteiger charge is 2.20. The number of ether oxygens (including phenoxy) is 2. The normalized spacial score (nSPS) is 14.2. The van der Waals surface area contributed by atoms with Gasteiger partial charge in [-0.05, 0) is 38.1 Å². The van der Waals surface area contributed by atoms with Gasteiger partial charge in [0.2, 0.25) is 0 Å². The van der Waals surface area contributed by atoms with E-state index >= 15 is 0 Å². The Balaban J connectivity index is 1.75. The number of carbonyl (C=O) groups excluding carboxylic acids is 1. The van der Waals surface area contributed by atoms with Crippen LogP contribution in [0.3, 0.4) is 0 Å². The Kier molecular flexibility index (Phi) is 5.72. The van der Waals surface area contributed by atoms with Gasteiger partial charge in [-0.3, -0.25) is 4.79 Å². The Bertz CT molecular complexity index is 1330. The maximum absolute atomic E-state index is 12.8. The molecule has 1 aliphatic rings. The largest absolute Gasteiger partial charge is 0.486 e. The molecule has 0 atom stereocenters. The van der Waals surface area contributed by atoms with Crippen LogP contribution in [0.25, 0.3) is 10.2 Å². The van der Waals surface area contributed by atoms with Crippen molar-refractivity contribution >= 4 is 37.3 Å². The molecular weight excluding hydrogens is 436 g/mol. The van der Waals surface area contributed by atoms with E-state index < -0.39 is 21.0 Å². The minimum atomic E-state index is -3.40. The molecule has 162 valence electrons. The fourth-order valence-corrected chi connectivity index (χ4v) is 5.32. The zero-order valence-corrected chi connectivity index (χ0v) is 18.8. The van der Waals surface area contributed by atoms with Crippen molar-refractivity contribution in [3.63, 3.8) is 0 Å². The van der Waals surface area contributed by atoms with Gasteiger partial charge in [-0.2, -0.15) is 4.99 Å². The summed E-state index contributed by atoms with van der Waals surface area (Å²) in [6.45, 7) is 8.50. The maximum Gasteiger partial charge on any atom is 0.279 e. The lowest BCUT2D eigenvalue weighted by atomic mass is 10.2. The molecule has 2 heterocycles. The number of sulfone groups is 1. The Hall–Kier alpha value is -2.91. The average Bonchev–Trinajstić information content (AvgIpc) is 3.08. The van der Waals surface area contributed by atoms with Gasteiger partial charge in [-0.15, -0.1) is 6.58 Å². The summed E-state index contributed by atoms with van der Waals surface area (Å²) >= 11 is 1.37. The monoisotopic (exact) mass is 458 g/mol. The second-order valence-corrected chi connectivity index (χ2v) is 10.8. The lowest BCUT2D eigenvalue weighted by molar-refractivity contribution is 0.0998. The molecule has 3 aromatic rings. The first-order valence-corrected chi connectivity index (χ1v) is 12.1. The molecular formula is C22H22N2O5S2. The van der Waals surface area contributed by atoms with Crippen LogP contribution in [-0.2, 0) is 16.4 Å². The molecule has 0 spiro atoms. The molecule has 4 rings (SSSR count). The Morgan fingerprint density at radius 3 is 2.45 bits per heavy atom. The molecule has 0 bridgehead atoms. The minimum Gasteiger partial charge on any atom is -0.486 e. The molecule has 0 fully saturated rings. The highest BCUT2D eigenvalue weighted by molar-refractivity contribution is 7.92. The van der Waals surface area contributed by atoms with E-state index in [-0.39, 0.29) is 4.90 Å². The molecule has 0 N–H and O–H groups in total. The Morgan fingerprint density at radius 1 is 1.19 bits per heavy atom. The van der Waals surface area contributed by atoms with Crippen molar-refractivity contribution in [2.75, 3.05) is 13.2 Å². The first-order valence-electron chi connectivity index (χ1n) is 9.78. The molecule has 31 heavy (non-hydrogen) atoms. The first kappa shape index (κ1) is 21.3. The lowest BCUT2D eigenvalue weighted by Gasteiger charge is -2.18. The summed E-state index contributed by atoms with van der Waals surface area (Å²) in [7, 11) is -3.40. The van der Waals surface area contributed by atoms with Crippen LogP contribution in [0.15, 0.2) is 58.9 Å². The molecule has 0 saturated carbocycles. The van der Waals surface area contributed by atoms with Gasteiger partial charge in [-0.25, -0.2) is 8.42 Å². The minimum absolute atomic E-state index is 0.188. The van der Waals surface area contributed by atoms with Crippen LogP contribution in [0.2, 0.25) is 0 Å². The molecule has 0 radical (unpaired) electrons. The first-order chi connectivity index (χ1) is 14.8. The molecule has 7 nitrogen and oxygen atoms in total. The van der Waals surface area contributed by atoms with E-state index in [0.717, 1.165) is 10.2 Å². The number of nitrogens with zero attached hydrogens (tertiary/aromatic N) is 2. The SMILES string of the molecule is C=CCn1c(=NC(=O)c2ccc(S(=O)(=O)C(C)C)cc2)sc2cc3c(cc21)OCCO3. The summed E-state index contributed by atoms with van der Waals surface area (Å²) < 4.78 is 38.7. The average molecular weight is 459 g/mol. The number of fused-ring (bicyclic) bond motifs is 2. The number of aromatic nitrogens is 1. The van der Waals surface area contributed by atoms with E-state index in [1.807, 2.05) is 16.7 Å². The van der Waals surface area contributed by atoms with Gasteiger partial charge >= 0.3 is 0 Å². The Labute approximate surface area is 184 Å². The van der Waals surface area contributed by atoms with E-state index in [9.17, 15) is 13.2 Å². The summed E-state index contributed by atoms with van der Waals surface area (Å²) in [6.07, 6.45) is 1.73. The molecule has 1 amide bonds. The van der Waals surface area contributed by atoms with Crippen molar-refractivity contribution in [3.05, 3.63) is 59.4 Å². The van der Waals surface area contributed by atoms with E-state index in [2.05, 4.69) is 11.6 Å². The molecule has 0 unspecified atom stereocenters. The van der Waals surface area contributed by atoms with E-state index in [0.29, 0.717) is 41.6 Å². The van der Waals surface area contributed by atoms with Gasteiger partial charge in [0.15, 0.2) is 26.1 Å². The number of allylic oxidation sites excluding steroid dienone is 1. The van der Waals surface area contributed by atoms with Gasteiger partial charge in [0, 0.05) is 24.2 Å². The standard InChI is InChI=1S/C22H22N2O5S2/c1-4-9-24-17-12-18-19(29-11-10-28-18)13-20(17)30-22(24)23-21(25)15-5-7-16(8-6-15)31(26,27)14(2)3/h4-8,12-14H,1,9-11H2,2-3H3. The number of thiazole rings is 1. The fraction of sp³-hybridized carbons (Fsp3) is 0.273. The van der Waals surface area contributed by atoms with Crippen LogP contribution < -0.4 is 14.3 Å². The number of carbonyl (C=O) groups is 1. The van der Waals surface area contributed by atoms with Crippen molar-refractivity contribution in [2.24, 2.45) is 4.99 Å². The van der Waals surface area contributed by atoms with Crippen LogP contribution >= 0.6 is 11.3 Å². The number of hydrogen-bond donors (Lipinski definition) is 0. The smallest absolute Gasteiger partial charge is 0.279 e. The van der Waals surface area contributed by atoms with Gasteiger partial charge in [0.25, 0.3) is 5.91 Å². The van der Waals surface area contributed by atoms with E-state index in [4.69, 9.17) is 9.47 Å². The molecule has 9 heteroatoms. The summed E-state index contributed by atoms with van der Waals surface area (Å²) in [4.78, 5) is 17.8. The number of hydrogen-bond acceptors (Lipinski definition) is 6. The van der Waals surface area contributed by atoms with Crippen molar-refractivity contribution < 1.29 is 22.7 Å². The summed E-state index contributed by atoms with van der Waals surface area (Å²) in [5.74, 6) is 0.884. The summed E-state index contributed by atoms with van der Waals surface area (Å²) in [5, 5.41) is -0.533. The van der Waals surface area contributed by atoms with Crippen molar-refractivity contribution in [1.82, 2.24) is 4.57 Å². The van der Waals surface area contributed by atoms with E-state index in [1.54, 1.807) is 19.9 Å². The predicted molar refractivity (Wildman–Crippen MR) is 120 cm³/mol. The van der Waals surface area contributed by atoms with Gasteiger partial charge in [0.1, 0.15) is 13.2 Å². The highest BCUT2D eigenvalue weighted by Crippen LogP contribution is 2.35. The Morgan fingerprint density at radius 2 is 1.84 bits per heavy atom. The van der Waals surface area contributed by atoms with Crippen LogP contribution in [0.4, 0.5) is 0 Å². The van der Waals surface area contributed by atoms with Crippen LogP contribution in [0.1, 0.15) is 24.2 Å². The third-order valence-electron chi connectivity index (χ3n) is 4.91.